The summed E-state index contributed by atoms with van der Waals surface area (Å²) in [6.45, 7) is 1.70. The van der Waals surface area contributed by atoms with Crippen molar-refractivity contribution in [2.45, 2.75) is 25.0 Å². The molecule has 6 heteroatoms. The molecule has 138 valence electrons. The molecule has 1 saturated heterocycles. The molecule has 2 heterocycles. The van der Waals surface area contributed by atoms with Crippen molar-refractivity contribution in [2.24, 2.45) is 0 Å². The first-order valence-electron chi connectivity index (χ1n) is 8.92. The van der Waals surface area contributed by atoms with Crippen molar-refractivity contribution in [2.75, 3.05) is 32.2 Å². The second-order valence-corrected chi connectivity index (χ2v) is 6.32. The number of hydrogen-bond acceptors (Lipinski definition) is 5. The quantitative estimate of drug-likeness (QED) is 0.747. The Morgan fingerprint density at radius 3 is 2.85 bits per heavy atom. The summed E-state index contributed by atoms with van der Waals surface area (Å²) in [7, 11) is 1.60. The van der Waals surface area contributed by atoms with Gasteiger partial charge in [0.2, 0.25) is 0 Å². The molecule has 2 unspecified atom stereocenters. The summed E-state index contributed by atoms with van der Waals surface area (Å²) in [5.41, 5.74) is 1.75. The van der Waals surface area contributed by atoms with Gasteiger partial charge in [0.1, 0.15) is 5.82 Å². The Hall–Kier alpha value is -2.44. The van der Waals surface area contributed by atoms with E-state index in [1.54, 1.807) is 19.4 Å². The summed E-state index contributed by atoms with van der Waals surface area (Å²) in [5, 5.41) is 6.24. The number of nitrogens with one attached hydrogen (secondary N) is 2. The summed E-state index contributed by atoms with van der Waals surface area (Å²) < 4.78 is 10.8. The van der Waals surface area contributed by atoms with Crippen molar-refractivity contribution in [3.8, 4) is 0 Å². The number of ether oxygens (including phenoxy) is 2. The van der Waals surface area contributed by atoms with Crippen LogP contribution in [0.3, 0.4) is 0 Å². The smallest absolute Gasteiger partial charge is 0.252 e. The fourth-order valence-corrected chi connectivity index (χ4v) is 3.02. The first kappa shape index (κ1) is 18.4. The Bertz CT molecular complexity index is 691. The maximum Gasteiger partial charge on any atom is 0.252 e. The van der Waals surface area contributed by atoms with Gasteiger partial charge in [0.15, 0.2) is 0 Å². The lowest BCUT2D eigenvalue weighted by Crippen LogP contribution is -2.30. The van der Waals surface area contributed by atoms with Crippen molar-refractivity contribution in [3.05, 3.63) is 59.8 Å². The maximum atomic E-state index is 12.0. The van der Waals surface area contributed by atoms with Crippen LogP contribution in [0.4, 0.5) is 5.82 Å². The number of anilines is 1. The van der Waals surface area contributed by atoms with E-state index >= 15 is 0 Å². The summed E-state index contributed by atoms with van der Waals surface area (Å²) in [5.74, 6) is 0.633. The lowest BCUT2D eigenvalue weighted by molar-refractivity contribution is 0.00974. The van der Waals surface area contributed by atoms with Gasteiger partial charge in [0.05, 0.1) is 18.3 Å². The Balaban J connectivity index is 1.54. The van der Waals surface area contributed by atoms with Gasteiger partial charge in [-0.15, -0.1) is 0 Å². The van der Waals surface area contributed by atoms with Crippen LogP contribution in [0.1, 0.15) is 34.9 Å². The van der Waals surface area contributed by atoms with Crippen molar-refractivity contribution in [1.29, 1.82) is 0 Å². The van der Waals surface area contributed by atoms with Crippen molar-refractivity contribution < 1.29 is 14.3 Å². The van der Waals surface area contributed by atoms with E-state index < -0.39 is 0 Å². The molecule has 0 spiro atoms. The third-order valence-electron chi connectivity index (χ3n) is 4.42. The van der Waals surface area contributed by atoms with Crippen LogP contribution in [-0.4, -0.2) is 43.8 Å². The molecular formula is C20H25N3O3. The van der Waals surface area contributed by atoms with Crippen LogP contribution in [0.15, 0.2) is 48.7 Å². The van der Waals surface area contributed by atoms with Crippen LogP contribution in [0.2, 0.25) is 0 Å². The summed E-state index contributed by atoms with van der Waals surface area (Å²) in [6, 6.07) is 14.2. The number of pyridine rings is 1. The molecule has 1 fully saturated rings. The van der Waals surface area contributed by atoms with Gasteiger partial charge < -0.3 is 20.1 Å². The summed E-state index contributed by atoms with van der Waals surface area (Å²) in [4.78, 5) is 16.4. The predicted molar refractivity (Wildman–Crippen MR) is 100 cm³/mol. The zero-order valence-corrected chi connectivity index (χ0v) is 15.0. The number of carbonyl (C=O) groups is 1. The van der Waals surface area contributed by atoms with Gasteiger partial charge in [-0.3, -0.25) is 4.79 Å². The van der Waals surface area contributed by atoms with E-state index in [1.807, 2.05) is 24.3 Å². The van der Waals surface area contributed by atoms with Crippen molar-refractivity contribution >= 4 is 11.7 Å². The Morgan fingerprint density at radius 1 is 1.27 bits per heavy atom. The van der Waals surface area contributed by atoms with Gasteiger partial charge in [-0.1, -0.05) is 30.3 Å². The van der Waals surface area contributed by atoms with Gasteiger partial charge in [0.25, 0.3) is 5.91 Å². The molecule has 1 aromatic heterocycles. The van der Waals surface area contributed by atoms with Crippen molar-refractivity contribution in [1.82, 2.24) is 10.3 Å². The number of benzene rings is 1. The highest BCUT2D eigenvalue weighted by molar-refractivity contribution is 5.94. The average Bonchev–Trinajstić information content (AvgIpc) is 2.69. The first-order valence-corrected chi connectivity index (χ1v) is 8.92. The highest BCUT2D eigenvalue weighted by Crippen LogP contribution is 2.29. The zero-order valence-electron chi connectivity index (χ0n) is 15.0. The first-order chi connectivity index (χ1) is 12.8. The van der Waals surface area contributed by atoms with E-state index in [9.17, 15) is 4.79 Å². The molecule has 0 bridgehead atoms. The maximum absolute atomic E-state index is 12.0. The van der Waals surface area contributed by atoms with E-state index in [1.165, 1.54) is 5.56 Å². The van der Waals surface area contributed by atoms with Crippen LogP contribution in [0.5, 0.6) is 0 Å². The second-order valence-electron chi connectivity index (χ2n) is 6.32. The molecule has 0 saturated carbocycles. The highest BCUT2D eigenvalue weighted by Gasteiger charge is 2.24. The van der Waals surface area contributed by atoms with E-state index in [0.717, 1.165) is 25.3 Å². The highest BCUT2D eigenvalue weighted by atomic mass is 16.5. The zero-order chi connectivity index (χ0) is 18.2. The monoisotopic (exact) mass is 355 g/mol. The third kappa shape index (κ3) is 5.03. The molecule has 0 aliphatic carbocycles. The molecule has 1 amide bonds. The molecule has 26 heavy (non-hydrogen) atoms. The molecule has 2 N–H and O–H groups in total. The Morgan fingerprint density at radius 2 is 2.12 bits per heavy atom. The fourth-order valence-electron chi connectivity index (χ4n) is 3.02. The standard InChI is InChI=1S/C20H25N3O3/c1-25-12-10-21-20(24)16-7-8-19(22-14-16)23-17-9-11-26-18(13-17)15-5-3-2-4-6-15/h2-8,14,17-18H,9-13H2,1H3,(H,21,24)(H,22,23). The summed E-state index contributed by atoms with van der Waals surface area (Å²) in [6.07, 6.45) is 3.53. The van der Waals surface area contributed by atoms with E-state index in [4.69, 9.17) is 9.47 Å². The minimum absolute atomic E-state index is 0.105. The molecule has 1 aliphatic rings. The lowest BCUT2D eigenvalue weighted by Gasteiger charge is -2.30. The average molecular weight is 355 g/mol. The van der Waals surface area contributed by atoms with Gasteiger partial charge in [0, 0.05) is 32.5 Å². The largest absolute Gasteiger partial charge is 0.383 e. The minimum Gasteiger partial charge on any atom is -0.383 e. The second kappa shape index (κ2) is 9.31. The van der Waals surface area contributed by atoms with E-state index in [0.29, 0.717) is 24.8 Å². The number of aromatic nitrogens is 1. The normalized spacial score (nSPS) is 19.7. The van der Waals surface area contributed by atoms with Gasteiger partial charge >= 0.3 is 0 Å². The number of hydrogen-bond donors (Lipinski definition) is 2. The van der Waals surface area contributed by atoms with Crippen LogP contribution in [-0.2, 0) is 9.47 Å². The van der Waals surface area contributed by atoms with Crippen molar-refractivity contribution in [3.63, 3.8) is 0 Å². The molecule has 2 atom stereocenters. The molecule has 6 nitrogen and oxygen atoms in total. The summed E-state index contributed by atoms with van der Waals surface area (Å²) >= 11 is 0. The van der Waals surface area contributed by atoms with Crippen LogP contribution in [0, 0.1) is 0 Å². The fraction of sp³-hybridized carbons (Fsp3) is 0.400. The predicted octanol–water partition coefficient (Wildman–Crippen LogP) is 2.79. The third-order valence-corrected chi connectivity index (χ3v) is 4.42. The number of methoxy groups -OCH3 is 1. The van der Waals surface area contributed by atoms with E-state index in [-0.39, 0.29) is 12.0 Å². The van der Waals surface area contributed by atoms with Crippen LogP contribution < -0.4 is 10.6 Å². The van der Waals surface area contributed by atoms with Gasteiger partial charge in [-0.2, -0.15) is 0 Å². The van der Waals surface area contributed by atoms with Gasteiger partial charge in [-0.25, -0.2) is 4.98 Å². The SMILES string of the molecule is COCCNC(=O)c1ccc(NC2CCOC(c3ccccc3)C2)nc1. The molecular weight excluding hydrogens is 330 g/mol. The van der Waals surface area contributed by atoms with E-state index in [2.05, 4.69) is 27.8 Å². The topological polar surface area (TPSA) is 72.5 Å². The van der Waals surface area contributed by atoms with Crippen LogP contribution in [0.25, 0.3) is 0 Å². The molecule has 1 aromatic carbocycles. The number of amides is 1. The Kier molecular flexibility index (Phi) is 6.57. The minimum atomic E-state index is -0.142. The number of rotatable bonds is 7. The molecule has 2 aromatic rings. The molecule has 1 aliphatic heterocycles. The molecule has 3 rings (SSSR count). The molecule has 0 radical (unpaired) electrons. The lowest BCUT2D eigenvalue weighted by atomic mass is 9.97. The van der Waals surface area contributed by atoms with Crippen LogP contribution >= 0.6 is 0 Å². The Labute approximate surface area is 153 Å². The number of nitrogens with zero attached hydrogens (tertiary/aromatic N) is 1. The van der Waals surface area contributed by atoms with Gasteiger partial charge in [-0.05, 0) is 30.5 Å². The number of carbonyl (C=O) groups excluding carboxylic acids is 1.